The van der Waals surface area contributed by atoms with Gasteiger partial charge in [-0.2, -0.15) is 0 Å². The zero-order valence-corrected chi connectivity index (χ0v) is 10.2. The Labute approximate surface area is 106 Å². The molecule has 1 rings (SSSR count). The SMILES string of the molecule is OCCN(CCO)CCO.Oc1ccc(O)cc1. The number of hydrogen-bond donors (Lipinski definition) is 5. The Morgan fingerprint density at radius 1 is 0.667 bits per heavy atom. The van der Waals surface area contributed by atoms with Gasteiger partial charge in [0.2, 0.25) is 0 Å². The fourth-order valence-corrected chi connectivity index (χ4v) is 1.21. The van der Waals surface area contributed by atoms with Crippen molar-refractivity contribution in [3.8, 4) is 11.5 Å². The summed E-state index contributed by atoms with van der Waals surface area (Å²) in [7, 11) is 0. The summed E-state index contributed by atoms with van der Waals surface area (Å²) in [4.78, 5) is 1.79. The van der Waals surface area contributed by atoms with E-state index in [9.17, 15) is 0 Å². The average molecular weight is 259 g/mol. The number of aliphatic hydroxyl groups excluding tert-OH is 3. The van der Waals surface area contributed by atoms with Gasteiger partial charge < -0.3 is 25.5 Å². The van der Waals surface area contributed by atoms with Crippen LogP contribution in [0.15, 0.2) is 24.3 Å². The molecule has 6 heteroatoms. The second-order valence-corrected chi connectivity index (χ2v) is 3.53. The fourth-order valence-electron chi connectivity index (χ4n) is 1.21. The van der Waals surface area contributed by atoms with Crippen LogP contribution in [0.2, 0.25) is 0 Å². The number of phenols is 2. The van der Waals surface area contributed by atoms with Crippen molar-refractivity contribution in [3.05, 3.63) is 24.3 Å². The molecule has 18 heavy (non-hydrogen) atoms. The first-order valence-corrected chi connectivity index (χ1v) is 5.67. The van der Waals surface area contributed by atoms with E-state index < -0.39 is 0 Å². The van der Waals surface area contributed by atoms with Crippen molar-refractivity contribution in [2.75, 3.05) is 39.5 Å². The van der Waals surface area contributed by atoms with Crippen LogP contribution in [0.25, 0.3) is 0 Å². The van der Waals surface area contributed by atoms with Crippen LogP contribution in [-0.4, -0.2) is 69.9 Å². The molecule has 0 fully saturated rings. The molecule has 0 atom stereocenters. The number of aliphatic hydroxyl groups is 3. The van der Waals surface area contributed by atoms with Gasteiger partial charge in [-0.3, -0.25) is 4.90 Å². The van der Waals surface area contributed by atoms with Crippen molar-refractivity contribution in [2.45, 2.75) is 0 Å². The standard InChI is InChI=1S/C6H15NO3.C6H6O2/c8-4-1-7(2-5-9)3-6-10;7-5-1-2-6(8)4-3-5/h8-10H,1-6H2;1-4,7-8H. The highest BCUT2D eigenvalue weighted by Gasteiger charge is 2.00. The minimum Gasteiger partial charge on any atom is -0.508 e. The predicted octanol–water partition coefficient (Wildman–Crippen LogP) is -0.637. The van der Waals surface area contributed by atoms with Crippen LogP contribution in [0.1, 0.15) is 0 Å². The van der Waals surface area contributed by atoms with Crippen LogP contribution in [0.4, 0.5) is 0 Å². The molecule has 0 aliphatic heterocycles. The lowest BCUT2D eigenvalue weighted by Gasteiger charge is -2.17. The molecule has 0 aliphatic carbocycles. The maximum absolute atomic E-state index is 8.65. The van der Waals surface area contributed by atoms with Gasteiger partial charge in [0, 0.05) is 19.6 Å². The molecule has 1 aromatic carbocycles. The van der Waals surface area contributed by atoms with Crippen LogP contribution in [-0.2, 0) is 0 Å². The van der Waals surface area contributed by atoms with Gasteiger partial charge in [-0.1, -0.05) is 0 Å². The van der Waals surface area contributed by atoms with Gasteiger partial charge in [0.15, 0.2) is 0 Å². The van der Waals surface area contributed by atoms with E-state index in [2.05, 4.69) is 0 Å². The first-order valence-electron chi connectivity index (χ1n) is 5.67. The predicted molar refractivity (Wildman–Crippen MR) is 67.5 cm³/mol. The lowest BCUT2D eigenvalue weighted by atomic mass is 10.3. The third-order valence-electron chi connectivity index (χ3n) is 2.10. The van der Waals surface area contributed by atoms with Gasteiger partial charge in [0.25, 0.3) is 0 Å². The minimum atomic E-state index is 0.0694. The van der Waals surface area contributed by atoms with Crippen molar-refractivity contribution >= 4 is 0 Å². The fraction of sp³-hybridized carbons (Fsp3) is 0.500. The molecule has 104 valence electrons. The van der Waals surface area contributed by atoms with E-state index in [0.717, 1.165) is 0 Å². The third kappa shape index (κ3) is 8.77. The molecule has 0 saturated heterocycles. The van der Waals surface area contributed by atoms with Crippen LogP contribution < -0.4 is 0 Å². The summed E-state index contributed by atoms with van der Waals surface area (Å²) in [6.45, 7) is 1.75. The van der Waals surface area contributed by atoms with Crippen molar-refractivity contribution in [1.29, 1.82) is 0 Å². The Morgan fingerprint density at radius 3 is 1.17 bits per heavy atom. The number of hydrogen-bond acceptors (Lipinski definition) is 6. The smallest absolute Gasteiger partial charge is 0.115 e. The van der Waals surface area contributed by atoms with Crippen molar-refractivity contribution in [3.63, 3.8) is 0 Å². The highest BCUT2D eigenvalue weighted by atomic mass is 16.3. The first kappa shape index (κ1) is 16.7. The molecule has 0 amide bonds. The largest absolute Gasteiger partial charge is 0.508 e. The highest BCUT2D eigenvalue weighted by Crippen LogP contribution is 2.13. The summed E-state index contributed by atoms with van der Waals surface area (Å²) in [5.41, 5.74) is 0. The van der Waals surface area contributed by atoms with Gasteiger partial charge >= 0.3 is 0 Å². The maximum atomic E-state index is 8.65. The molecule has 0 saturated carbocycles. The van der Waals surface area contributed by atoms with E-state index in [1.807, 2.05) is 0 Å². The molecule has 6 nitrogen and oxygen atoms in total. The second kappa shape index (κ2) is 10.8. The van der Waals surface area contributed by atoms with Crippen LogP contribution in [0, 0.1) is 0 Å². The Balaban J connectivity index is 0.000000327. The summed E-state index contributed by atoms with van der Waals surface area (Å²) < 4.78 is 0. The molecular weight excluding hydrogens is 238 g/mol. The van der Waals surface area contributed by atoms with Crippen LogP contribution in [0.5, 0.6) is 11.5 Å². The van der Waals surface area contributed by atoms with Gasteiger partial charge in [0.1, 0.15) is 11.5 Å². The van der Waals surface area contributed by atoms with E-state index in [-0.39, 0.29) is 31.3 Å². The molecule has 5 N–H and O–H groups in total. The molecule has 0 bridgehead atoms. The summed E-state index contributed by atoms with van der Waals surface area (Å²) >= 11 is 0. The lowest BCUT2D eigenvalue weighted by Crippen LogP contribution is -2.32. The van der Waals surface area contributed by atoms with E-state index in [4.69, 9.17) is 25.5 Å². The summed E-state index contributed by atoms with van der Waals surface area (Å²) in [5.74, 6) is 0.339. The molecule has 0 radical (unpaired) electrons. The number of phenolic OH excluding ortho intramolecular Hbond substituents is 2. The van der Waals surface area contributed by atoms with E-state index in [1.54, 1.807) is 4.90 Å². The second-order valence-electron chi connectivity index (χ2n) is 3.53. The summed E-state index contributed by atoms with van der Waals surface area (Å²) in [5, 5.41) is 42.7. The average Bonchev–Trinajstić information content (AvgIpc) is 2.35. The molecular formula is C12H21NO5. The molecule has 0 aliphatic rings. The zero-order chi connectivity index (χ0) is 13.8. The first-order chi connectivity index (χ1) is 8.63. The lowest BCUT2D eigenvalue weighted by molar-refractivity contribution is 0.136. The number of benzene rings is 1. The number of rotatable bonds is 6. The van der Waals surface area contributed by atoms with Gasteiger partial charge in [-0.15, -0.1) is 0 Å². The van der Waals surface area contributed by atoms with Crippen LogP contribution >= 0.6 is 0 Å². The third-order valence-corrected chi connectivity index (χ3v) is 2.10. The maximum Gasteiger partial charge on any atom is 0.115 e. The van der Waals surface area contributed by atoms with E-state index in [1.165, 1.54) is 24.3 Å². The highest BCUT2D eigenvalue weighted by molar-refractivity contribution is 5.28. The summed E-state index contributed by atoms with van der Waals surface area (Å²) in [6, 6.07) is 5.70. The van der Waals surface area contributed by atoms with Crippen LogP contribution in [0.3, 0.4) is 0 Å². The van der Waals surface area contributed by atoms with Crippen molar-refractivity contribution in [1.82, 2.24) is 4.90 Å². The molecule has 0 aromatic heterocycles. The molecule has 1 aromatic rings. The molecule has 0 heterocycles. The van der Waals surface area contributed by atoms with E-state index in [0.29, 0.717) is 19.6 Å². The Bertz CT molecular complexity index is 256. The Hall–Kier alpha value is -1.34. The van der Waals surface area contributed by atoms with E-state index >= 15 is 0 Å². The van der Waals surface area contributed by atoms with Crippen molar-refractivity contribution in [2.24, 2.45) is 0 Å². The van der Waals surface area contributed by atoms with Gasteiger partial charge in [-0.25, -0.2) is 0 Å². The Kier molecular flexibility index (Phi) is 9.99. The monoisotopic (exact) mass is 259 g/mol. The molecule has 0 spiro atoms. The Morgan fingerprint density at radius 2 is 0.944 bits per heavy atom. The van der Waals surface area contributed by atoms with Gasteiger partial charge in [0.05, 0.1) is 19.8 Å². The number of nitrogens with zero attached hydrogens (tertiary/aromatic N) is 1. The summed E-state index contributed by atoms with van der Waals surface area (Å²) in [6.07, 6.45) is 0. The minimum absolute atomic E-state index is 0.0694. The van der Waals surface area contributed by atoms with Crippen molar-refractivity contribution < 1.29 is 25.5 Å². The quantitative estimate of drug-likeness (QED) is 0.435. The van der Waals surface area contributed by atoms with Gasteiger partial charge in [-0.05, 0) is 24.3 Å². The topological polar surface area (TPSA) is 104 Å². The number of aromatic hydroxyl groups is 2. The normalized spacial score (nSPS) is 10.0. The zero-order valence-electron chi connectivity index (χ0n) is 10.2. The molecule has 0 unspecified atom stereocenters.